The molecule has 2 rings (SSSR count). The normalized spacial score (nSPS) is 12.0. The Morgan fingerprint density at radius 3 is 2.59 bits per heavy atom. The lowest BCUT2D eigenvalue weighted by Crippen LogP contribution is -2.29. The number of nitrogens with one attached hydrogen (secondary N) is 1. The second-order valence-electron chi connectivity index (χ2n) is 5.26. The van der Waals surface area contributed by atoms with Gasteiger partial charge in [-0.25, -0.2) is 4.39 Å². The molecule has 0 heterocycles. The van der Waals surface area contributed by atoms with Crippen LogP contribution in [0.25, 0.3) is 11.1 Å². The van der Waals surface area contributed by atoms with E-state index in [0.717, 1.165) is 12.0 Å². The van der Waals surface area contributed by atoms with Gasteiger partial charge >= 0.3 is 0 Å². The molecule has 1 amide bonds. The highest BCUT2D eigenvalue weighted by atomic mass is 19.1. The summed E-state index contributed by atoms with van der Waals surface area (Å²) in [6, 6.07) is 14.3. The summed E-state index contributed by atoms with van der Waals surface area (Å²) in [6.07, 6.45) is 0.736. The topological polar surface area (TPSA) is 55.1 Å². The number of amides is 1. The molecule has 0 saturated carbocycles. The average molecular weight is 300 g/mol. The fourth-order valence-corrected chi connectivity index (χ4v) is 2.27. The van der Waals surface area contributed by atoms with E-state index in [0.29, 0.717) is 24.2 Å². The molecule has 0 bridgehead atoms. The SMILES string of the molecule is CC(C(=O)NCCCN)c1ccc(-c2ccccc2)c(F)c1. The molecule has 3 nitrogen and oxygen atoms in total. The molecule has 0 aromatic heterocycles. The molecular formula is C18H21FN2O. The number of carbonyl (C=O) groups is 1. The quantitative estimate of drug-likeness (QED) is 0.806. The Hall–Kier alpha value is -2.20. The minimum atomic E-state index is -0.392. The Morgan fingerprint density at radius 1 is 1.23 bits per heavy atom. The fourth-order valence-electron chi connectivity index (χ4n) is 2.27. The van der Waals surface area contributed by atoms with E-state index in [9.17, 15) is 9.18 Å². The molecule has 0 aliphatic rings. The number of hydrogen-bond donors (Lipinski definition) is 2. The van der Waals surface area contributed by atoms with Crippen molar-refractivity contribution >= 4 is 5.91 Å². The number of rotatable bonds is 6. The van der Waals surface area contributed by atoms with Crippen molar-refractivity contribution in [2.24, 2.45) is 5.73 Å². The van der Waals surface area contributed by atoms with Crippen molar-refractivity contribution in [1.82, 2.24) is 5.32 Å². The molecule has 4 heteroatoms. The maximum atomic E-state index is 14.3. The first kappa shape index (κ1) is 16.2. The van der Waals surface area contributed by atoms with Crippen molar-refractivity contribution in [1.29, 1.82) is 0 Å². The van der Waals surface area contributed by atoms with Crippen LogP contribution in [0.5, 0.6) is 0 Å². The van der Waals surface area contributed by atoms with Crippen molar-refractivity contribution < 1.29 is 9.18 Å². The molecule has 2 aromatic rings. The molecule has 116 valence electrons. The molecule has 1 unspecified atom stereocenters. The zero-order valence-corrected chi connectivity index (χ0v) is 12.7. The summed E-state index contributed by atoms with van der Waals surface area (Å²) in [6.45, 7) is 2.86. The van der Waals surface area contributed by atoms with Crippen LogP contribution in [-0.4, -0.2) is 19.0 Å². The third kappa shape index (κ3) is 3.92. The summed E-state index contributed by atoms with van der Waals surface area (Å²) in [7, 11) is 0. The number of carbonyl (C=O) groups excluding carboxylic acids is 1. The van der Waals surface area contributed by atoms with Crippen LogP contribution in [0.15, 0.2) is 48.5 Å². The van der Waals surface area contributed by atoms with E-state index in [2.05, 4.69) is 5.32 Å². The van der Waals surface area contributed by atoms with Crippen LogP contribution in [0.3, 0.4) is 0 Å². The third-order valence-electron chi connectivity index (χ3n) is 3.65. The van der Waals surface area contributed by atoms with E-state index in [-0.39, 0.29) is 11.7 Å². The summed E-state index contributed by atoms with van der Waals surface area (Å²) in [5.41, 5.74) is 7.43. The molecule has 0 saturated heterocycles. The highest BCUT2D eigenvalue weighted by Gasteiger charge is 2.16. The Bertz CT molecular complexity index is 628. The van der Waals surface area contributed by atoms with Gasteiger partial charge in [0.05, 0.1) is 5.92 Å². The lowest BCUT2D eigenvalue weighted by Gasteiger charge is -2.14. The van der Waals surface area contributed by atoms with Gasteiger partial charge in [-0.2, -0.15) is 0 Å². The first-order valence-electron chi connectivity index (χ1n) is 7.46. The zero-order valence-electron chi connectivity index (χ0n) is 12.7. The maximum Gasteiger partial charge on any atom is 0.227 e. The number of halogens is 1. The molecule has 0 fully saturated rings. The third-order valence-corrected chi connectivity index (χ3v) is 3.65. The fraction of sp³-hybridized carbons (Fsp3) is 0.278. The van der Waals surface area contributed by atoms with E-state index in [4.69, 9.17) is 5.73 Å². The summed E-state index contributed by atoms with van der Waals surface area (Å²) in [5.74, 6) is -0.817. The minimum Gasteiger partial charge on any atom is -0.356 e. The van der Waals surface area contributed by atoms with Gasteiger partial charge in [0.25, 0.3) is 0 Å². The number of hydrogen-bond acceptors (Lipinski definition) is 2. The Kier molecular flexibility index (Phi) is 5.67. The van der Waals surface area contributed by atoms with Gasteiger partial charge in [0.15, 0.2) is 0 Å². The van der Waals surface area contributed by atoms with E-state index >= 15 is 0 Å². The van der Waals surface area contributed by atoms with Crippen LogP contribution in [0, 0.1) is 5.82 Å². The van der Waals surface area contributed by atoms with E-state index < -0.39 is 5.92 Å². The van der Waals surface area contributed by atoms with Gasteiger partial charge in [0.2, 0.25) is 5.91 Å². The van der Waals surface area contributed by atoms with E-state index in [1.54, 1.807) is 19.1 Å². The second kappa shape index (κ2) is 7.71. The lowest BCUT2D eigenvalue weighted by atomic mass is 9.96. The lowest BCUT2D eigenvalue weighted by molar-refractivity contribution is -0.122. The molecule has 22 heavy (non-hydrogen) atoms. The van der Waals surface area contributed by atoms with Gasteiger partial charge in [0.1, 0.15) is 5.82 Å². The van der Waals surface area contributed by atoms with Crippen molar-refractivity contribution in [2.75, 3.05) is 13.1 Å². The summed E-state index contributed by atoms with van der Waals surface area (Å²) in [5, 5.41) is 2.81. The van der Waals surface area contributed by atoms with Gasteiger partial charge < -0.3 is 11.1 Å². The van der Waals surface area contributed by atoms with Gasteiger partial charge in [-0.05, 0) is 37.1 Å². The number of nitrogens with two attached hydrogens (primary N) is 1. The van der Waals surface area contributed by atoms with Crippen LogP contribution >= 0.6 is 0 Å². The Morgan fingerprint density at radius 2 is 1.95 bits per heavy atom. The first-order chi connectivity index (χ1) is 10.6. The predicted molar refractivity (Wildman–Crippen MR) is 86.9 cm³/mol. The molecule has 1 atom stereocenters. The molecule has 2 aromatic carbocycles. The van der Waals surface area contributed by atoms with Crippen LogP contribution in [0.2, 0.25) is 0 Å². The van der Waals surface area contributed by atoms with Crippen molar-refractivity contribution in [3.05, 3.63) is 59.9 Å². The highest BCUT2D eigenvalue weighted by Crippen LogP contribution is 2.26. The molecule has 0 spiro atoms. The zero-order chi connectivity index (χ0) is 15.9. The van der Waals surface area contributed by atoms with E-state index in [1.165, 1.54) is 6.07 Å². The van der Waals surface area contributed by atoms with Gasteiger partial charge in [-0.3, -0.25) is 4.79 Å². The summed E-state index contributed by atoms with van der Waals surface area (Å²) in [4.78, 5) is 12.0. The summed E-state index contributed by atoms with van der Waals surface area (Å²) < 4.78 is 14.3. The van der Waals surface area contributed by atoms with Crippen LogP contribution in [0.1, 0.15) is 24.8 Å². The molecule has 3 N–H and O–H groups in total. The Balaban J connectivity index is 2.13. The van der Waals surface area contributed by atoms with Gasteiger partial charge in [0, 0.05) is 12.1 Å². The smallest absolute Gasteiger partial charge is 0.227 e. The maximum absolute atomic E-state index is 14.3. The number of benzene rings is 2. The van der Waals surface area contributed by atoms with Gasteiger partial charge in [-0.1, -0.05) is 42.5 Å². The molecular weight excluding hydrogens is 279 g/mol. The molecule has 0 aliphatic heterocycles. The molecule has 0 radical (unpaired) electrons. The van der Waals surface area contributed by atoms with Gasteiger partial charge in [-0.15, -0.1) is 0 Å². The summed E-state index contributed by atoms with van der Waals surface area (Å²) >= 11 is 0. The largest absolute Gasteiger partial charge is 0.356 e. The standard InChI is InChI=1S/C18H21FN2O/c1-13(18(22)21-11-5-10-20)15-8-9-16(17(19)12-15)14-6-3-2-4-7-14/h2-4,6-9,12-13H,5,10-11,20H2,1H3,(H,21,22). The van der Waals surface area contributed by atoms with Crippen molar-refractivity contribution in [3.8, 4) is 11.1 Å². The van der Waals surface area contributed by atoms with Crippen LogP contribution in [0.4, 0.5) is 4.39 Å². The predicted octanol–water partition coefficient (Wildman–Crippen LogP) is 3.06. The van der Waals surface area contributed by atoms with E-state index in [1.807, 2.05) is 30.3 Å². The van der Waals surface area contributed by atoms with Crippen LogP contribution in [-0.2, 0) is 4.79 Å². The Labute approximate surface area is 130 Å². The van der Waals surface area contributed by atoms with Crippen molar-refractivity contribution in [3.63, 3.8) is 0 Å². The highest BCUT2D eigenvalue weighted by molar-refractivity contribution is 5.83. The monoisotopic (exact) mass is 300 g/mol. The average Bonchev–Trinajstić information content (AvgIpc) is 2.55. The van der Waals surface area contributed by atoms with Crippen LogP contribution < -0.4 is 11.1 Å². The first-order valence-corrected chi connectivity index (χ1v) is 7.46. The second-order valence-corrected chi connectivity index (χ2v) is 5.26. The minimum absolute atomic E-state index is 0.111. The van der Waals surface area contributed by atoms with Crippen molar-refractivity contribution in [2.45, 2.75) is 19.3 Å². The molecule has 0 aliphatic carbocycles.